The molecular weight excluding hydrogens is 280 g/mol. The highest BCUT2D eigenvalue weighted by molar-refractivity contribution is 7.17. The number of aromatic nitrogens is 1. The summed E-state index contributed by atoms with van der Waals surface area (Å²) in [5.41, 5.74) is 2.98. The Kier molecular flexibility index (Phi) is 4.19. The van der Waals surface area contributed by atoms with E-state index in [0.717, 1.165) is 26.8 Å². The van der Waals surface area contributed by atoms with Gasteiger partial charge >= 0.3 is 0 Å². The number of Topliss-reactive ketones (excluding diaryl/α,β-unsaturated/α-hetero) is 1. The number of anilines is 1. The number of rotatable bonds is 3. The summed E-state index contributed by atoms with van der Waals surface area (Å²) in [5, 5.41) is 0.912. The van der Waals surface area contributed by atoms with Gasteiger partial charge in [-0.05, 0) is 24.3 Å². The topological polar surface area (TPSA) is 33.2 Å². The Bertz CT molecular complexity index is 648. The van der Waals surface area contributed by atoms with Crippen LogP contribution in [0.2, 0.25) is 0 Å². The maximum absolute atomic E-state index is 11.9. The van der Waals surface area contributed by atoms with Crippen molar-refractivity contribution >= 4 is 22.8 Å². The average molecular weight is 302 g/mol. The fraction of sp³-hybridized carbons (Fsp3) is 0.412. The first-order chi connectivity index (χ1) is 9.70. The molecule has 1 aromatic heterocycles. The standard InChI is InChI=1S/C17H22N2OS/c1-11(20)14-15(17(2,3)4)18-16(21-14)12-7-9-13(10-8-12)19(5)6/h7-10H,1-6H3. The van der Waals surface area contributed by atoms with Crippen molar-refractivity contribution in [3.8, 4) is 10.6 Å². The predicted molar refractivity (Wildman–Crippen MR) is 90.6 cm³/mol. The molecule has 0 N–H and O–H groups in total. The van der Waals surface area contributed by atoms with Crippen molar-refractivity contribution in [2.75, 3.05) is 19.0 Å². The van der Waals surface area contributed by atoms with Crippen LogP contribution in [0.5, 0.6) is 0 Å². The Morgan fingerprint density at radius 3 is 2.10 bits per heavy atom. The van der Waals surface area contributed by atoms with Crippen LogP contribution in [0.4, 0.5) is 5.69 Å². The average Bonchev–Trinajstić information content (AvgIpc) is 2.84. The Balaban J connectivity index is 2.47. The van der Waals surface area contributed by atoms with Gasteiger partial charge in [0, 0.05) is 37.7 Å². The minimum atomic E-state index is -0.126. The first kappa shape index (κ1) is 15.7. The van der Waals surface area contributed by atoms with Crippen LogP contribution < -0.4 is 4.90 Å². The summed E-state index contributed by atoms with van der Waals surface area (Å²) in [6, 6.07) is 8.26. The van der Waals surface area contributed by atoms with Crippen molar-refractivity contribution in [3.63, 3.8) is 0 Å². The molecule has 2 rings (SSSR count). The third kappa shape index (κ3) is 3.32. The number of benzene rings is 1. The van der Waals surface area contributed by atoms with E-state index in [9.17, 15) is 4.79 Å². The molecule has 0 bridgehead atoms. The van der Waals surface area contributed by atoms with E-state index in [1.54, 1.807) is 6.92 Å². The smallest absolute Gasteiger partial charge is 0.171 e. The van der Waals surface area contributed by atoms with Crippen LogP contribution in [0, 0.1) is 0 Å². The lowest BCUT2D eigenvalue weighted by Crippen LogP contribution is -2.15. The molecule has 3 nitrogen and oxygen atoms in total. The SMILES string of the molecule is CC(=O)c1sc(-c2ccc(N(C)C)cc2)nc1C(C)(C)C. The van der Waals surface area contributed by atoms with Crippen molar-refractivity contribution in [1.82, 2.24) is 4.98 Å². The van der Waals surface area contributed by atoms with Crippen LogP contribution in [0.15, 0.2) is 24.3 Å². The van der Waals surface area contributed by atoms with Crippen LogP contribution in [0.1, 0.15) is 43.1 Å². The number of carbonyl (C=O) groups is 1. The molecule has 0 radical (unpaired) electrons. The number of hydrogen-bond acceptors (Lipinski definition) is 4. The zero-order valence-corrected chi connectivity index (χ0v) is 14.3. The second-order valence-corrected chi connectivity index (χ2v) is 7.44. The molecule has 0 saturated carbocycles. The molecule has 0 spiro atoms. The lowest BCUT2D eigenvalue weighted by atomic mass is 9.90. The maximum atomic E-state index is 11.9. The Morgan fingerprint density at radius 2 is 1.71 bits per heavy atom. The Hall–Kier alpha value is -1.68. The first-order valence-electron chi connectivity index (χ1n) is 7.00. The van der Waals surface area contributed by atoms with E-state index < -0.39 is 0 Å². The highest BCUT2D eigenvalue weighted by atomic mass is 32.1. The fourth-order valence-electron chi connectivity index (χ4n) is 2.09. The minimum Gasteiger partial charge on any atom is -0.378 e. The summed E-state index contributed by atoms with van der Waals surface area (Å²) < 4.78 is 0. The molecule has 0 unspecified atom stereocenters. The van der Waals surface area contributed by atoms with E-state index in [1.807, 2.05) is 14.1 Å². The molecule has 0 amide bonds. The summed E-state index contributed by atoms with van der Waals surface area (Å²) >= 11 is 1.49. The molecule has 112 valence electrons. The molecule has 0 saturated heterocycles. The molecule has 1 heterocycles. The monoisotopic (exact) mass is 302 g/mol. The number of thiazole rings is 1. The lowest BCUT2D eigenvalue weighted by Gasteiger charge is -2.16. The summed E-state index contributed by atoms with van der Waals surface area (Å²) in [6.45, 7) is 7.88. The van der Waals surface area contributed by atoms with E-state index in [4.69, 9.17) is 4.98 Å². The van der Waals surface area contributed by atoms with Gasteiger partial charge in [0.2, 0.25) is 0 Å². The quantitative estimate of drug-likeness (QED) is 0.789. The van der Waals surface area contributed by atoms with Gasteiger partial charge in [0.05, 0.1) is 10.6 Å². The third-order valence-corrected chi connectivity index (χ3v) is 4.49. The van der Waals surface area contributed by atoms with Gasteiger partial charge in [0.1, 0.15) is 5.01 Å². The molecule has 21 heavy (non-hydrogen) atoms. The molecular formula is C17H22N2OS. The minimum absolute atomic E-state index is 0.0913. The van der Waals surface area contributed by atoms with Gasteiger partial charge in [-0.15, -0.1) is 11.3 Å². The van der Waals surface area contributed by atoms with Crippen molar-refractivity contribution in [2.45, 2.75) is 33.1 Å². The van der Waals surface area contributed by atoms with Gasteiger partial charge in [-0.2, -0.15) is 0 Å². The van der Waals surface area contributed by atoms with Gasteiger partial charge in [-0.25, -0.2) is 4.98 Å². The third-order valence-electron chi connectivity index (χ3n) is 3.29. The van der Waals surface area contributed by atoms with Gasteiger partial charge < -0.3 is 4.90 Å². The maximum Gasteiger partial charge on any atom is 0.171 e. The highest BCUT2D eigenvalue weighted by Gasteiger charge is 2.25. The van der Waals surface area contributed by atoms with Gasteiger partial charge in [-0.3, -0.25) is 4.79 Å². The van der Waals surface area contributed by atoms with Crippen molar-refractivity contribution in [3.05, 3.63) is 34.8 Å². The lowest BCUT2D eigenvalue weighted by molar-refractivity contribution is 0.101. The second-order valence-electron chi connectivity index (χ2n) is 6.44. The number of ketones is 1. The van der Waals surface area contributed by atoms with Crippen molar-refractivity contribution in [1.29, 1.82) is 0 Å². The van der Waals surface area contributed by atoms with Gasteiger partial charge in [-0.1, -0.05) is 20.8 Å². The zero-order chi connectivity index (χ0) is 15.8. The molecule has 1 aromatic carbocycles. The molecule has 2 aromatic rings. The Labute approximate surface area is 130 Å². The zero-order valence-electron chi connectivity index (χ0n) is 13.5. The summed E-state index contributed by atoms with van der Waals surface area (Å²) in [4.78, 5) is 19.4. The summed E-state index contributed by atoms with van der Waals surface area (Å²) in [6.07, 6.45) is 0. The van der Waals surface area contributed by atoms with Crippen LogP contribution in [-0.2, 0) is 5.41 Å². The predicted octanol–water partition coefficient (Wildman–Crippen LogP) is 4.38. The van der Waals surface area contributed by atoms with Crippen molar-refractivity contribution < 1.29 is 4.79 Å². The van der Waals surface area contributed by atoms with Crippen LogP contribution in [-0.4, -0.2) is 24.9 Å². The van der Waals surface area contributed by atoms with Gasteiger partial charge in [0.25, 0.3) is 0 Å². The number of nitrogens with zero attached hydrogens (tertiary/aromatic N) is 2. The van der Waals surface area contributed by atoms with Crippen LogP contribution in [0.3, 0.4) is 0 Å². The summed E-state index contributed by atoms with van der Waals surface area (Å²) in [7, 11) is 4.04. The highest BCUT2D eigenvalue weighted by Crippen LogP contribution is 2.35. The van der Waals surface area contributed by atoms with Gasteiger partial charge in [0.15, 0.2) is 5.78 Å². The molecule has 4 heteroatoms. The van der Waals surface area contributed by atoms with E-state index in [0.29, 0.717) is 0 Å². The first-order valence-corrected chi connectivity index (χ1v) is 7.82. The molecule has 0 fully saturated rings. The summed E-state index contributed by atoms with van der Waals surface area (Å²) in [5.74, 6) is 0.0913. The van der Waals surface area contributed by atoms with Crippen molar-refractivity contribution in [2.24, 2.45) is 0 Å². The number of carbonyl (C=O) groups excluding carboxylic acids is 1. The Morgan fingerprint density at radius 1 is 1.14 bits per heavy atom. The van der Waals surface area contributed by atoms with E-state index in [2.05, 4.69) is 49.9 Å². The molecule has 0 aliphatic carbocycles. The molecule has 0 atom stereocenters. The van der Waals surface area contributed by atoms with E-state index >= 15 is 0 Å². The number of hydrogen-bond donors (Lipinski definition) is 0. The molecule has 0 aliphatic rings. The largest absolute Gasteiger partial charge is 0.378 e. The van der Waals surface area contributed by atoms with E-state index in [-0.39, 0.29) is 11.2 Å². The van der Waals surface area contributed by atoms with Crippen LogP contribution in [0.25, 0.3) is 10.6 Å². The van der Waals surface area contributed by atoms with E-state index in [1.165, 1.54) is 11.3 Å². The molecule has 0 aliphatic heterocycles. The van der Waals surface area contributed by atoms with Crippen LogP contribution >= 0.6 is 11.3 Å². The normalized spacial score (nSPS) is 11.5. The fourth-order valence-corrected chi connectivity index (χ4v) is 3.27. The second kappa shape index (κ2) is 5.60.